The molecule has 19 heavy (non-hydrogen) atoms. The highest BCUT2D eigenvalue weighted by Crippen LogP contribution is 2.40. The smallest absolute Gasteiger partial charge is 0.0934 e. The van der Waals surface area contributed by atoms with E-state index in [1.165, 1.54) is 22.4 Å². The summed E-state index contributed by atoms with van der Waals surface area (Å²) in [5.41, 5.74) is 2.72. The Hall–Kier alpha value is -0.350. The number of thiophene rings is 1. The van der Waals surface area contributed by atoms with Crippen LogP contribution in [-0.4, -0.2) is 0 Å². The Labute approximate surface area is 131 Å². The molecule has 0 saturated carbocycles. The van der Waals surface area contributed by atoms with E-state index in [0.717, 1.165) is 15.2 Å². The van der Waals surface area contributed by atoms with Crippen LogP contribution in [0.25, 0.3) is 0 Å². The molecule has 2 unspecified atom stereocenters. The first-order valence-corrected chi connectivity index (χ1v) is 8.42. The summed E-state index contributed by atoms with van der Waals surface area (Å²) >= 11 is 11.3. The summed E-state index contributed by atoms with van der Waals surface area (Å²) in [6.45, 7) is 2.22. The van der Waals surface area contributed by atoms with Gasteiger partial charge in [0.15, 0.2) is 0 Å². The number of fused-ring (bicyclic) bond motifs is 1. The fraction of sp³-hybridized carbons (Fsp3) is 0.333. The Morgan fingerprint density at radius 2 is 2.11 bits per heavy atom. The zero-order chi connectivity index (χ0) is 13.4. The zero-order valence-corrected chi connectivity index (χ0v) is 13.8. The molecule has 0 aliphatic heterocycles. The molecule has 0 spiro atoms. The fourth-order valence-electron chi connectivity index (χ4n) is 2.65. The molecular weight excluding hydrogens is 342 g/mol. The van der Waals surface area contributed by atoms with Crippen molar-refractivity contribution in [2.75, 3.05) is 0 Å². The molecule has 0 amide bonds. The van der Waals surface area contributed by atoms with E-state index in [2.05, 4.69) is 58.5 Å². The topological polar surface area (TPSA) is 12.0 Å². The minimum Gasteiger partial charge on any atom is -0.303 e. The molecule has 0 saturated heterocycles. The maximum Gasteiger partial charge on any atom is 0.0934 e. The maximum atomic E-state index is 6.10. The molecule has 4 heteroatoms. The summed E-state index contributed by atoms with van der Waals surface area (Å²) < 4.78 is 2.03. The van der Waals surface area contributed by atoms with Crippen molar-refractivity contribution in [1.29, 1.82) is 0 Å². The van der Waals surface area contributed by atoms with Gasteiger partial charge in [-0.2, -0.15) is 0 Å². The highest BCUT2D eigenvalue weighted by Gasteiger charge is 2.26. The van der Waals surface area contributed by atoms with Crippen molar-refractivity contribution < 1.29 is 0 Å². The number of hydrogen-bond donors (Lipinski definition) is 1. The molecule has 100 valence electrons. The summed E-state index contributed by atoms with van der Waals surface area (Å²) in [6.07, 6.45) is 2.33. The van der Waals surface area contributed by atoms with Gasteiger partial charge in [0.1, 0.15) is 0 Å². The summed E-state index contributed by atoms with van der Waals surface area (Å²) in [5, 5.41) is 3.72. The van der Waals surface area contributed by atoms with Crippen LogP contribution >= 0.6 is 38.9 Å². The summed E-state index contributed by atoms with van der Waals surface area (Å²) in [7, 11) is 0. The molecule has 1 aromatic carbocycles. The third kappa shape index (κ3) is 2.89. The Kier molecular flexibility index (Phi) is 3.99. The molecule has 1 aliphatic rings. The molecule has 0 radical (unpaired) electrons. The molecule has 1 heterocycles. The van der Waals surface area contributed by atoms with Gasteiger partial charge in [0.25, 0.3) is 0 Å². The third-order valence-corrected chi connectivity index (χ3v) is 5.54. The normalized spacial score (nSPS) is 19.4. The van der Waals surface area contributed by atoms with Gasteiger partial charge in [-0.25, -0.2) is 0 Å². The quantitative estimate of drug-likeness (QED) is 0.765. The van der Waals surface area contributed by atoms with Crippen LogP contribution in [0.5, 0.6) is 0 Å². The average Bonchev–Trinajstić information content (AvgIpc) is 2.91. The summed E-state index contributed by atoms with van der Waals surface area (Å²) in [4.78, 5) is 1.45. The first-order chi connectivity index (χ1) is 9.13. The van der Waals surface area contributed by atoms with Crippen molar-refractivity contribution in [3.8, 4) is 0 Å². The Morgan fingerprint density at radius 3 is 2.84 bits per heavy atom. The number of rotatable bonds is 3. The van der Waals surface area contributed by atoms with Gasteiger partial charge in [-0.05, 0) is 49.1 Å². The summed E-state index contributed by atoms with van der Waals surface area (Å²) in [5.74, 6) is 0. The van der Waals surface area contributed by atoms with Crippen molar-refractivity contribution in [2.45, 2.75) is 31.8 Å². The molecule has 1 N–H and O–H groups in total. The first-order valence-electron chi connectivity index (χ1n) is 6.43. The van der Waals surface area contributed by atoms with E-state index >= 15 is 0 Å². The zero-order valence-electron chi connectivity index (χ0n) is 10.6. The van der Waals surface area contributed by atoms with Crippen LogP contribution in [0.15, 0.2) is 34.8 Å². The SMILES string of the molecule is CC(NC1CCc2sc(Cl)cc21)c1ccc(Br)cc1. The highest BCUT2D eigenvalue weighted by atomic mass is 79.9. The second-order valence-electron chi connectivity index (χ2n) is 4.96. The lowest BCUT2D eigenvalue weighted by molar-refractivity contribution is 0.465. The van der Waals surface area contributed by atoms with Crippen molar-refractivity contribution >= 4 is 38.9 Å². The van der Waals surface area contributed by atoms with E-state index in [-0.39, 0.29) is 0 Å². The predicted octanol–water partition coefficient (Wildman–Crippen LogP) is 5.50. The molecule has 0 bridgehead atoms. The maximum absolute atomic E-state index is 6.10. The minimum atomic E-state index is 0.350. The van der Waals surface area contributed by atoms with E-state index in [1.54, 1.807) is 11.3 Å². The standard InChI is InChI=1S/C15H15BrClNS/c1-9(10-2-4-11(16)5-3-10)18-13-6-7-14-12(13)8-15(17)19-14/h2-5,8-9,13,18H,6-7H2,1H3. The van der Waals surface area contributed by atoms with E-state index < -0.39 is 0 Å². The first kappa shape index (κ1) is 13.6. The van der Waals surface area contributed by atoms with Gasteiger partial charge in [0, 0.05) is 21.4 Å². The lowest BCUT2D eigenvalue weighted by Gasteiger charge is -2.20. The van der Waals surface area contributed by atoms with E-state index in [0.29, 0.717) is 12.1 Å². The predicted molar refractivity (Wildman–Crippen MR) is 86.1 cm³/mol. The van der Waals surface area contributed by atoms with Gasteiger partial charge in [-0.3, -0.25) is 0 Å². The minimum absolute atomic E-state index is 0.350. The van der Waals surface area contributed by atoms with Crippen LogP contribution in [0.1, 0.15) is 41.4 Å². The third-order valence-electron chi connectivity index (χ3n) is 3.67. The van der Waals surface area contributed by atoms with Crippen LogP contribution in [0.4, 0.5) is 0 Å². The molecule has 1 aromatic heterocycles. The van der Waals surface area contributed by atoms with Gasteiger partial charge < -0.3 is 5.32 Å². The van der Waals surface area contributed by atoms with Crippen molar-refractivity contribution in [2.24, 2.45) is 0 Å². The molecule has 1 aliphatic carbocycles. The molecule has 1 nitrogen and oxygen atoms in total. The summed E-state index contributed by atoms with van der Waals surface area (Å²) in [6, 6.07) is 11.4. The highest BCUT2D eigenvalue weighted by molar-refractivity contribution is 9.10. The molecule has 3 rings (SSSR count). The lowest BCUT2D eigenvalue weighted by Crippen LogP contribution is -2.22. The van der Waals surface area contributed by atoms with Crippen LogP contribution < -0.4 is 5.32 Å². The van der Waals surface area contributed by atoms with Crippen molar-refractivity contribution in [1.82, 2.24) is 5.32 Å². The lowest BCUT2D eigenvalue weighted by atomic mass is 10.1. The molecule has 2 atom stereocenters. The van der Waals surface area contributed by atoms with Crippen LogP contribution in [0.2, 0.25) is 4.34 Å². The fourth-order valence-corrected chi connectivity index (χ4v) is 4.27. The van der Waals surface area contributed by atoms with Gasteiger partial charge in [0.2, 0.25) is 0 Å². The van der Waals surface area contributed by atoms with Crippen LogP contribution in [-0.2, 0) is 6.42 Å². The number of aryl methyl sites for hydroxylation is 1. The van der Waals surface area contributed by atoms with E-state index in [4.69, 9.17) is 11.6 Å². The average molecular weight is 357 g/mol. The van der Waals surface area contributed by atoms with E-state index in [1.807, 2.05) is 0 Å². The van der Waals surface area contributed by atoms with Gasteiger partial charge in [-0.1, -0.05) is 39.7 Å². The number of nitrogens with one attached hydrogen (secondary N) is 1. The van der Waals surface area contributed by atoms with Gasteiger partial charge in [-0.15, -0.1) is 11.3 Å². The largest absolute Gasteiger partial charge is 0.303 e. The number of hydrogen-bond acceptors (Lipinski definition) is 2. The monoisotopic (exact) mass is 355 g/mol. The molecule has 2 aromatic rings. The van der Waals surface area contributed by atoms with Crippen molar-refractivity contribution in [3.05, 3.63) is 55.1 Å². The van der Waals surface area contributed by atoms with Crippen LogP contribution in [0, 0.1) is 0 Å². The van der Waals surface area contributed by atoms with Crippen molar-refractivity contribution in [3.63, 3.8) is 0 Å². The Balaban J connectivity index is 1.73. The van der Waals surface area contributed by atoms with Crippen LogP contribution in [0.3, 0.4) is 0 Å². The van der Waals surface area contributed by atoms with Gasteiger partial charge in [0.05, 0.1) is 4.34 Å². The second kappa shape index (κ2) is 5.57. The number of halogens is 2. The Bertz CT molecular complexity index is 578. The van der Waals surface area contributed by atoms with E-state index in [9.17, 15) is 0 Å². The molecular formula is C15H15BrClNS. The number of benzene rings is 1. The molecule has 0 fully saturated rings. The van der Waals surface area contributed by atoms with Gasteiger partial charge >= 0.3 is 0 Å². The second-order valence-corrected chi connectivity index (χ2v) is 7.64. The Morgan fingerprint density at radius 1 is 1.37 bits per heavy atom.